The van der Waals surface area contributed by atoms with Crippen molar-refractivity contribution in [3.63, 3.8) is 0 Å². The fraction of sp³-hybridized carbons (Fsp3) is 0.583. The van der Waals surface area contributed by atoms with Crippen molar-refractivity contribution in [3.05, 3.63) is 34.4 Å². The van der Waals surface area contributed by atoms with Crippen molar-refractivity contribution in [2.75, 3.05) is 7.11 Å². The van der Waals surface area contributed by atoms with Gasteiger partial charge in [0.25, 0.3) is 0 Å². The van der Waals surface area contributed by atoms with Crippen molar-refractivity contribution in [2.45, 2.75) is 66.7 Å². The Balaban J connectivity index is 2.15. The van der Waals surface area contributed by atoms with E-state index in [1.54, 1.807) is 20.1 Å². The predicted molar refractivity (Wildman–Crippen MR) is 112 cm³/mol. The summed E-state index contributed by atoms with van der Waals surface area (Å²) in [5, 5.41) is 10.5. The Bertz CT molecular complexity index is 777. The molecule has 1 N–H and O–H groups in total. The fourth-order valence-corrected chi connectivity index (χ4v) is 4.36. The number of phenols is 1. The van der Waals surface area contributed by atoms with Crippen LogP contribution in [0.5, 0.6) is 11.5 Å². The number of Topliss-reactive ketones (excluding diaryl/α,β-unsaturated/α-hetero) is 1. The van der Waals surface area contributed by atoms with Crippen LogP contribution in [0.4, 0.5) is 0 Å². The lowest BCUT2D eigenvalue weighted by Gasteiger charge is -2.44. The van der Waals surface area contributed by atoms with E-state index in [4.69, 9.17) is 4.74 Å². The van der Waals surface area contributed by atoms with E-state index in [1.165, 1.54) is 5.57 Å². The predicted octanol–water partition coefficient (Wildman–Crippen LogP) is 5.43. The summed E-state index contributed by atoms with van der Waals surface area (Å²) in [5.74, 6) is 1.61. The number of aromatic hydroxyl groups is 1. The molecule has 1 aliphatic carbocycles. The van der Waals surface area contributed by atoms with Gasteiger partial charge in [0.1, 0.15) is 17.3 Å². The summed E-state index contributed by atoms with van der Waals surface area (Å²) in [6.45, 7) is 10.5. The van der Waals surface area contributed by atoms with Crippen molar-refractivity contribution < 1.29 is 19.4 Å². The number of aldehydes is 1. The standard InChI is InChI=1S/C24H34O4/c1-15(11-12-24(5)17(3)8-10-21(26)18(24)4)7-9-19-22(28-6)13-16(2)20(14-25)23(19)27/h7,13-14,17-18,27H,8-12H2,1-6H3/t17-,18+,24+/m0/s1. The molecule has 1 saturated carbocycles. The van der Waals surface area contributed by atoms with E-state index >= 15 is 0 Å². The lowest BCUT2D eigenvalue weighted by atomic mass is 9.59. The molecule has 0 saturated heterocycles. The van der Waals surface area contributed by atoms with E-state index in [1.807, 2.05) is 0 Å². The van der Waals surface area contributed by atoms with Gasteiger partial charge in [-0.2, -0.15) is 0 Å². The van der Waals surface area contributed by atoms with Crippen LogP contribution >= 0.6 is 0 Å². The quantitative estimate of drug-likeness (QED) is 0.501. The normalized spacial score (nSPS) is 25.6. The number of aryl methyl sites for hydroxylation is 1. The lowest BCUT2D eigenvalue weighted by molar-refractivity contribution is -0.132. The first kappa shape index (κ1) is 22.2. The Morgan fingerprint density at radius 3 is 2.68 bits per heavy atom. The largest absolute Gasteiger partial charge is 0.507 e. The fourth-order valence-electron chi connectivity index (χ4n) is 4.36. The maximum atomic E-state index is 12.2. The van der Waals surface area contributed by atoms with Crippen molar-refractivity contribution in [1.82, 2.24) is 0 Å². The van der Waals surface area contributed by atoms with Crippen LogP contribution in [0.2, 0.25) is 0 Å². The number of rotatable bonds is 7. The molecule has 0 aromatic heterocycles. The zero-order chi connectivity index (χ0) is 21.1. The highest BCUT2D eigenvalue weighted by Gasteiger charge is 2.42. The van der Waals surface area contributed by atoms with Gasteiger partial charge >= 0.3 is 0 Å². The van der Waals surface area contributed by atoms with Crippen LogP contribution in [-0.4, -0.2) is 24.3 Å². The Hall–Kier alpha value is -2.10. The maximum absolute atomic E-state index is 12.2. The van der Waals surface area contributed by atoms with E-state index in [0.717, 1.165) is 19.3 Å². The van der Waals surface area contributed by atoms with Gasteiger partial charge in [-0.15, -0.1) is 0 Å². The number of ether oxygens (including phenoxy) is 1. The molecule has 1 aromatic carbocycles. The number of benzene rings is 1. The van der Waals surface area contributed by atoms with E-state index < -0.39 is 0 Å². The molecule has 1 aliphatic rings. The maximum Gasteiger partial charge on any atom is 0.154 e. The highest BCUT2D eigenvalue weighted by Crippen LogP contribution is 2.47. The Morgan fingerprint density at radius 1 is 1.39 bits per heavy atom. The van der Waals surface area contributed by atoms with Gasteiger partial charge in [-0.25, -0.2) is 0 Å². The highest BCUT2D eigenvalue weighted by atomic mass is 16.5. The summed E-state index contributed by atoms with van der Waals surface area (Å²) in [5.41, 5.74) is 2.90. The summed E-state index contributed by atoms with van der Waals surface area (Å²) >= 11 is 0. The molecule has 4 nitrogen and oxygen atoms in total. The van der Waals surface area contributed by atoms with Crippen LogP contribution in [0.25, 0.3) is 0 Å². The molecular weight excluding hydrogens is 352 g/mol. The Labute approximate surface area is 169 Å². The molecule has 0 aliphatic heterocycles. The highest BCUT2D eigenvalue weighted by molar-refractivity contribution is 5.83. The minimum absolute atomic E-state index is 0.00276. The first-order chi connectivity index (χ1) is 13.2. The summed E-state index contributed by atoms with van der Waals surface area (Å²) in [4.78, 5) is 23.5. The molecule has 28 heavy (non-hydrogen) atoms. The van der Waals surface area contributed by atoms with Crippen LogP contribution in [-0.2, 0) is 11.2 Å². The monoisotopic (exact) mass is 386 g/mol. The van der Waals surface area contributed by atoms with Gasteiger partial charge in [0, 0.05) is 17.9 Å². The Morgan fingerprint density at radius 2 is 2.07 bits per heavy atom. The molecule has 154 valence electrons. The average molecular weight is 387 g/mol. The molecule has 4 heteroatoms. The first-order valence-electron chi connectivity index (χ1n) is 10.2. The van der Waals surface area contributed by atoms with Gasteiger partial charge in [-0.05, 0) is 62.5 Å². The second-order valence-electron chi connectivity index (χ2n) is 8.64. The third kappa shape index (κ3) is 4.31. The van der Waals surface area contributed by atoms with Gasteiger partial charge in [-0.1, -0.05) is 32.4 Å². The molecule has 0 spiro atoms. The molecule has 0 amide bonds. The number of carbonyl (C=O) groups is 2. The van der Waals surface area contributed by atoms with E-state index in [-0.39, 0.29) is 17.1 Å². The third-order valence-electron chi connectivity index (χ3n) is 7.08. The minimum atomic E-state index is 0.00276. The van der Waals surface area contributed by atoms with Crippen LogP contribution < -0.4 is 4.74 Å². The molecule has 2 rings (SSSR count). The van der Waals surface area contributed by atoms with Gasteiger partial charge in [0.15, 0.2) is 6.29 Å². The van der Waals surface area contributed by atoms with Crippen molar-refractivity contribution in [3.8, 4) is 11.5 Å². The van der Waals surface area contributed by atoms with Crippen LogP contribution in [0.3, 0.4) is 0 Å². The number of carbonyl (C=O) groups excluding carboxylic acids is 2. The number of methoxy groups -OCH3 is 1. The topological polar surface area (TPSA) is 63.6 Å². The molecule has 0 heterocycles. The number of allylic oxidation sites excluding steroid dienone is 2. The molecule has 1 fully saturated rings. The molecule has 0 bridgehead atoms. The lowest BCUT2D eigenvalue weighted by Crippen LogP contribution is -2.41. The third-order valence-corrected chi connectivity index (χ3v) is 7.08. The molecular formula is C24H34O4. The second-order valence-corrected chi connectivity index (χ2v) is 8.64. The molecule has 3 atom stereocenters. The number of hydrogen-bond acceptors (Lipinski definition) is 4. The number of hydrogen-bond donors (Lipinski definition) is 1. The van der Waals surface area contributed by atoms with Gasteiger partial charge in [0.05, 0.1) is 12.7 Å². The summed E-state index contributed by atoms with van der Waals surface area (Å²) in [7, 11) is 1.57. The SMILES string of the molecule is COc1cc(C)c(C=O)c(O)c1CC=C(C)CC[C@@]1(C)[C@H](C)C(=O)CC[C@@H]1C. The zero-order valence-corrected chi connectivity index (χ0v) is 18.1. The average Bonchev–Trinajstić information content (AvgIpc) is 2.67. The van der Waals surface area contributed by atoms with Crippen molar-refractivity contribution >= 4 is 12.1 Å². The molecule has 0 radical (unpaired) electrons. The summed E-state index contributed by atoms with van der Waals surface area (Å²) in [6.07, 6.45) is 6.85. The van der Waals surface area contributed by atoms with Crippen molar-refractivity contribution in [2.24, 2.45) is 17.3 Å². The second kappa shape index (κ2) is 8.93. The van der Waals surface area contributed by atoms with Crippen LogP contribution in [0.15, 0.2) is 17.7 Å². The number of ketones is 1. The van der Waals surface area contributed by atoms with Crippen molar-refractivity contribution in [1.29, 1.82) is 0 Å². The molecule has 1 aromatic rings. The van der Waals surface area contributed by atoms with Crippen LogP contribution in [0, 0.1) is 24.2 Å². The first-order valence-corrected chi connectivity index (χ1v) is 10.2. The zero-order valence-electron chi connectivity index (χ0n) is 18.1. The van der Waals surface area contributed by atoms with E-state index in [0.29, 0.717) is 53.3 Å². The summed E-state index contributed by atoms with van der Waals surface area (Å²) < 4.78 is 5.41. The van der Waals surface area contributed by atoms with E-state index in [2.05, 4.69) is 33.8 Å². The summed E-state index contributed by atoms with van der Waals surface area (Å²) in [6, 6.07) is 1.79. The molecule has 0 unspecified atom stereocenters. The van der Waals surface area contributed by atoms with Gasteiger partial charge < -0.3 is 9.84 Å². The number of phenolic OH excluding ortho intramolecular Hbond substituents is 1. The van der Waals surface area contributed by atoms with Gasteiger partial charge in [-0.3, -0.25) is 9.59 Å². The van der Waals surface area contributed by atoms with E-state index in [9.17, 15) is 14.7 Å². The van der Waals surface area contributed by atoms with Gasteiger partial charge in [0.2, 0.25) is 0 Å². The smallest absolute Gasteiger partial charge is 0.154 e. The minimum Gasteiger partial charge on any atom is -0.507 e. The van der Waals surface area contributed by atoms with Crippen LogP contribution in [0.1, 0.15) is 74.9 Å². The Kier molecular flexibility index (Phi) is 7.08.